The number of nitrogens with two attached hydrogens (primary N) is 1. The lowest BCUT2D eigenvalue weighted by atomic mass is 10.0. The molecule has 1 heterocycles. The Morgan fingerprint density at radius 3 is 2.89 bits per heavy atom. The van der Waals surface area contributed by atoms with Gasteiger partial charge in [-0.25, -0.2) is 0 Å². The lowest BCUT2D eigenvalue weighted by Crippen LogP contribution is -2.45. The van der Waals surface area contributed by atoms with E-state index < -0.39 is 4.92 Å². The third kappa shape index (κ3) is 2.78. The second kappa shape index (κ2) is 5.44. The van der Waals surface area contributed by atoms with Crippen LogP contribution in [-0.2, 0) is 0 Å². The van der Waals surface area contributed by atoms with E-state index >= 15 is 0 Å². The molecule has 0 radical (unpaired) electrons. The number of benzene rings is 1. The number of likely N-dealkylation sites (tertiary alicyclic amines) is 1. The molecule has 1 aliphatic rings. The van der Waals surface area contributed by atoms with Crippen molar-refractivity contribution in [3.8, 4) is 0 Å². The summed E-state index contributed by atoms with van der Waals surface area (Å²) in [6.45, 7) is 2.01. The number of nitro benzene ring substituents is 1. The normalized spacial score (nSPS) is 20.2. The number of likely N-dealkylation sites (N-methyl/N-ethyl adjacent to an activating group) is 2. The van der Waals surface area contributed by atoms with Gasteiger partial charge < -0.3 is 15.5 Å². The molecule has 1 atom stereocenters. The van der Waals surface area contributed by atoms with Crippen molar-refractivity contribution in [3.05, 3.63) is 28.3 Å². The van der Waals surface area contributed by atoms with Crippen molar-refractivity contribution in [1.29, 1.82) is 0 Å². The van der Waals surface area contributed by atoms with Crippen molar-refractivity contribution in [2.75, 3.05) is 37.8 Å². The van der Waals surface area contributed by atoms with Crippen molar-refractivity contribution < 1.29 is 4.92 Å². The summed E-state index contributed by atoms with van der Waals surface area (Å²) in [4.78, 5) is 15.0. The molecule has 0 amide bonds. The number of hydrogen-bond donors (Lipinski definition) is 1. The molecule has 1 aromatic carbocycles. The molecule has 19 heavy (non-hydrogen) atoms. The summed E-state index contributed by atoms with van der Waals surface area (Å²) in [6.07, 6.45) is 2.16. The molecular weight excluding hydrogens is 244 g/mol. The molecule has 1 aromatic rings. The van der Waals surface area contributed by atoms with E-state index in [2.05, 4.69) is 11.9 Å². The molecule has 0 aromatic heterocycles. The first-order valence-corrected chi connectivity index (χ1v) is 6.45. The van der Waals surface area contributed by atoms with Crippen LogP contribution >= 0.6 is 0 Å². The molecule has 6 nitrogen and oxygen atoms in total. The van der Waals surface area contributed by atoms with Gasteiger partial charge in [-0.05, 0) is 38.6 Å². The minimum Gasteiger partial charge on any atom is -0.393 e. The minimum absolute atomic E-state index is 0.0122. The highest BCUT2D eigenvalue weighted by Gasteiger charge is 2.27. The smallest absolute Gasteiger partial charge is 0.315 e. The van der Waals surface area contributed by atoms with E-state index in [1.54, 1.807) is 18.2 Å². The van der Waals surface area contributed by atoms with Crippen LogP contribution in [0.4, 0.5) is 17.1 Å². The Balaban J connectivity index is 2.30. The van der Waals surface area contributed by atoms with Crippen LogP contribution in [0.15, 0.2) is 18.2 Å². The van der Waals surface area contributed by atoms with Gasteiger partial charge in [0.25, 0.3) is 0 Å². The van der Waals surface area contributed by atoms with Crippen LogP contribution in [-0.4, -0.2) is 43.0 Å². The van der Waals surface area contributed by atoms with Gasteiger partial charge in [0, 0.05) is 19.6 Å². The maximum atomic E-state index is 11.2. The van der Waals surface area contributed by atoms with Crippen molar-refractivity contribution in [3.63, 3.8) is 0 Å². The second-order valence-corrected chi connectivity index (χ2v) is 5.14. The Kier molecular flexibility index (Phi) is 3.90. The summed E-state index contributed by atoms with van der Waals surface area (Å²) in [5.74, 6) is 0. The maximum absolute atomic E-state index is 11.2. The van der Waals surface area contributed by atoms with Crippen molar-refractivity contribution >= 4 is 17.1 Å². The average molecular weight is 264 g/mol. The molecule has 1 unspecified atom stereocenters. The number of para-hydroxylation sites is 1. The van der Waals surface area contributed by atoms with Gasteiger partial charge in [0.15, 0.2) is 0 Å². The van der Waals surface area contributed by atoms with E-state index in [4.69, 9.17) is 5.73 Å². The fourth-order valence-electron chi connectivity index (χ4n) is 2.68. The number of nitrogen functional groups attached to an aromatic ring is 1. The Morgan fingerprint density at radius 1 is 1.53 bits per heavy atom. The molecule has 6 heteroatoms. The fraction of sp³-hybridized carbons (Fsp3) is 0.538. The van der Waals surface area contributed by atoms with Gasteiger partial charge in [0.2, 0.25) is 0 Å². The topological polar surface area (TPSA) is 75.6 Å². The van der Waals surface area contributed by atoms with Gasteiger partial charge in [-0.2, -0.15) is 0 Å². The van der Waals surface area contributed by atoms with Crippen LogP contribution in [0.5, 0.6) is 0 Å². The Bertz CT molecular complexity index is 478. The van der Waals surface area contributed by atoms with Gasteiger partial charge in [0.05, 0.1) is 4.92 Å². The first kappa shape index (κ1) is 13.6. The van der Waals surface area contributed by atoms with Crippen LogP contribution < -0.4 is 10.6 Å². The van der Waals surface area contributed by atoms with E-state index in [9.17, 15) is 10.1 Å². The van der Waals surface area contributed by atoms with E-state index in [0.717, 1.165) is 25.9 Å². The quantitative estimate of drug-likeness (QED) is 0.511. The summed E-state index contributed by atoms with van der Waals surface area (Å²) in [5, 5.41) is 11.2. The zero-order chi connectivity index (χ0) is 14.0. The first-order chi connectivity index (χ1) is 9.00. The summed E-state index contributed by atoms with van der Waals surface area (Å²) in [5.41, 5.74) is 6.57. The summed E-state index contributed by atoms with van der Waals surface area (Å²) >= 11 is 0. The van der Waals surface area contributed by atoms with E-state index in [1.807, 2.05) is 11.9 Å². The van der Waals surface area contributed by atoms with Gasteiger partial charge >= 0.3 is 5.69 Å². The molecule has 1 fully saturated rings. The van der Waals surface area contributed by atoms with E-state index in [1.165, 1.54) is 0 Å². The summed E-state index contributed by atoms with van der Waals surface area (Å²) in [7, 11) is 3.99. The molecule has 0 aliphatic carbocycles. The zero-order valence-electron chi connectivity index (χ0n) is 11.4. The average Bonchev–Trinajstić information content (AvgIpc) is 2.37. The molecule has 2 rings (SSSR count). The first-order valence-electron chi connectivity index (χ1n) is 6.45. The van der Waals surface area contributed by atoms with Crippen LogP contribution in [0.1, 0.15) is 12.8 Å². The van der Waals surface area contributed by atoms with Crippen molar-refractivity contribution in [1.82, 2.24) is 4.90 Å². The van der Waals surface area contributed by atoms with Gasteiger partial charge in [-0.1, -0.05) is 6.07 Å². The standard InChI is InChI=1S/C13H20N4O2/c1-15-8-4-5-10(9-15)16(2)12-7-3-6-11(14)13(12)17(18)19/h3,6-7,10H,4-5,8-9,14H2,1-2H3. The van der Waals surface area contributed by atoms with Crippen LogP contribution in [0.25, 0.3) is 0 Å². The molecule has 0 saturated carbocycles. The molecule has 0 spiro atoms. The van der Waals surface area contributed by atoms with Crippen molar-refractivity contribution in [2.24, 2.45) is 0 Å². The zero-order valence-corrected chi connectivity index (χ0v) is 11.4. The Morgan fingerprint density at radius 2 is 2.26 bits per heavy atom. The minimum atomic E-state index is -0.395. The van der Waals surface area contributed by atoms with Gasteiger partial charge in [-0.15, -0.1) is 0 Å². The van der Waals surface area contributed by atoms with Gasteiger partial charge in [-0.3, -0.25) is 10.1 Å². The molecule has 2 N–H and O–H groups in total. The summed E-state index contributed by atoms with van der Waals surface area (Å²) < 4.78 is 0. The number of anilines is 2. The van der Waals surface area contributed by atoms with Crippen molar-refractivity contribution in [2.45, 2.75) is 18.9 Å². The Labute approximate surface area is 112 Å². The molecule has 1 saturated heterocycles. The van der Waals surface area contributed by atoms with Crippen LogP contribution in [0.3, 0.4) is 0 Å². The third-order valence-corrected chi connectivity index (χ3v) is 3.76. The molecule has 104 valence electrons. The number of nitrogens with zero attached hydrogens (tertiary/aromatic N) is 3. The van der Waals surface area contributed by atoms with Crippen LogP contribution in [0.2, 0.25) is 0 Å². The predicted octanol–water partition coefficient (Wildman–Crippen LogP) is 1.71. The number of piperidine rings is 1. The lowest BCUT2D eigenvalue weighted by molar-refractivity contribution is -0.383. The molecule has 0 bridgehead atoms. The number of hydrogen-bond acceptors (Lipinski definition) is 5. The third-order valence-electron chi connectivity index (χ3n) is 3.76. The summed E-state index contributed by atoms with van der Waals surface area (Å²) in [6, 6.07) is 5.39. The molecular formula is C13H20N4O2. The van der Waals surface area contributed by atoms with Gasteiger partial charge in [0.1, 0.15) is 11.4 Å². The highest BCUT2D eigenvalue weighted by molar-refractivity contribution is 5.75. The number of nitro groups is 1. The maximum Gasteiger partial charge on any atom is 0.315 e. The SMILES string of the molecule is CN1CCCC(N(C)c2cccc(N)c2[N+](=O)[O-])C1. The lowest BCUT2D eigenvalue weighted by Gasteiger charge is -2.36. The van der Waals surface area contributed by atoms with E-state index in [-0.39, 0.29) is 11.4 Å². The fourth-order valence-corrected chi connectivity index (χ4v) is 2.68. The monoisotopic (exact) mass is 264 g/mol. The highest BCUT2D eigenvalue weighted by atomic mass is 16.6. The predicted molar refractivity (Wildman–Crippen MR) is 76.4 cm³/mol. The number of rotatable bonds is 3. The largest absolute Gasteiger partial charge is 0.393 e. The molecule has 1 aliphatic heterocycles. The Hall–Kier alpha value is -1.82. The highest BCUT2D eigenvalue weighted by Crippen LogP contribution is 2.34. The second-order valence-electron chi connectivity index (χ2n) is 5.14. The van der Waals surface area contributed by atoms with Crippen LogP contribution in [0, 0.1) is 10.1 Å². The van der Waals surface area contributed by atoms with E-state index in [0.29, 0.717) is 11.7 Å².